The highest BCUT2D eigenvalue weighted by Crippen LogP contribution is 2.32. The summed E-state index contributed by atoms with van der Waals surface area (Å²) in [5.74, 6) is -1.54. The number of sulfonamides is 1. The zero-order valence-corrected chi connectivity index (χ0v) is 16.9. The third-order valence-electron chi connectivity index (χ3n) is 4.13. The number of carbonyl (C=O) groups is 1. The van der Waals surface area contributed by atoms with Crippen LogP contribution >= 0.6 is 11.3 Å². The van der Waals surface area contributed by atoms with E-state index in [1.807, 2.05) is 31.3 Å². The Kier molecular flexibility index (Phi) is 6.44. The van der Waals surface area contributed by atoms with E-state index in [2.05, 4.69) is 16.5 Å². The number of nitrogens with one attached hydrogen (secondary N) is 1. The molecule has 1 heterocycles. The van der Waals surface area contributed by atoms with Gasteiger partial charge in [0, 0.05) is 24.2 Å². The average molecular weight is 397 g/mol. The fourth-order valence-electron chi connectivity index (χ4n) is 2.38. The molecule has 0 saturated carbocycles. The van der Waals surface area contributed by atoms with Crippen molar-refractivity contribution in [3.63, 3.8) is 0 Å². The first kappa shape index (κ1) is 20.4. The highest BCUT2D eigenvalue weighted by molar-refractivity contribution is 7.91. The molecule has 8 heteroatoms. The second-order valence-corrected chi connectivity index (χ2v) is 9.39. The van der Waals surface area contributed by atoms with E-state index >= 15 is 0 Å². The lowest BCUT2D eigenvalue weighted by Gasteiger charge is -2.17. The molecule has 0 aliphatic rings. The molecule has 0 aliphatic carbocycles. The number of hydrogen-bond donors (Lipinski definition) is 2. The molecule has 0 saturated heterocycles. The van der Waals surface area contributed by atoms with Gasteiger partial charge in [0.05, 0.1) is 0 Å². The first-order valence-corrected chi connectivity index (χ1v) is 10.6. The lowest BCUT2D eigenvalue weighted by Crippen LogP contribution is -2.43. The predicted molar refractivity (Wildman–Crippen MR) is 105 cm³/mol. The summed E-state index contributed by atoms with van der Waals surface area (Å²) < 4.78 is 27.4. The predicted octanol–water partition coefficient (Wildman–Crippen LogP) is 3.26. The Hall–Kier alpha value is -1.90. The van der Waals surface area contributed by atoms with Gasteiger partial charge in [0.1, 0.15) is 10.3 Å². The minimum absolute atomic E-state index is 0.106. The van der Waals surface area contributed by atoms with Gasteiger partial charge in [0.2, 0.25) is 0 Å². The van der Waals surface area contributed by atoms with Crippen LogP contribution in [-0.2, 0) is 14.8 Å². The minimum Gasteiger partial charge on any atom is -0.480 e. The van der Waals surface area contributed by atoms with Gasteiger partial charge in [-0.1, -0.05) is 26.0 Å². The molecule has 1 aromatic carbocycles. The average Bonchev–Trinajstić information content (AvgIpc) is 3.09. The molecular weight excluding hydrogens is 372 g/mol. The number of carboxylic acids is 1. The van der Waals surface area contributed by atoms with Gasteiger partial charge in [-0.2, -0.15) is 4.72 Å². The zero-order valence-electron chi connectivity index (χ0n) is 15.3. The number of rotatable bonds is 8. The van der Waals surface area contributed by atoms with Gasteiger partial charge < -0.3 is 10.0 Å². The Balaban J connectivity index is 2.24. The third-order valence-corrected chi connectivity index (χ3v) is 7.20. The molecule has 0 fully saturated rings. The SMILES string of the molecule is CCN(C)c1ccc(-c2ccc(S(=O)(=O)NC(C(=O)O)C(C)C)s2)cc1. The first-order valence-electron chi connectivity index (χ1n) is 8.32. The number of benzene rings is 1. The highest BCUT2D eigenvalue weighted by atomic mass is 32.2. The zero-order chi connectivity index (χ0) is 19.5. The van der Waals surface area contributed by atoms with Crippen molar-refractivity contribution in [1.29, 1.82) is 0 Å². The molecule has 2 aromatic rings. The molecule has 0 amide bonds. The Bertz CT molecular complexity index is 858. The molecule has 2 rings (SSSR count). The maximum atomic E-state index is 12.5. The van der Waals surface area contributed by atoms with Gasteiger partial charge in [-0.15, -0.1) is 11.3 Å². The smallest absolute Gasteiger partial charge is 0.322 e. The van der Waals surface area contributed by atoms with Crippen LogP contribution in [0.4, 0.5) is 5.69 Å². The van der Waals surface area contributed by atoms with Crippen LogP contribution < -0.4 is 9.62 Å². The summed E-state index contributed by atoms with van der Waals surface area (Å²) >= 11 is 1.12. The maximum absolute atomic E-state index is 12.5. The van der Waals surface area contributed by atoms with Crippen molar-refractivity contribution in [2.75, 3.05) is 18.5 Å². The summed E-state index contributed by atoms with van der Waals surface area (Å²) in [5.41, 5.74) is 2.01. The summed E-state index contributed by atoms with van der Waals surface area (Å²) in [7, 11) is -1.88. The molecule has 26 heavy (non-hydrogen) atoms. The van der Waals surface area contributed by atoms with E-state index in [1.54, 1.807) is 19.9 Å². The van der Waals surface area contributed by atoms with E-state index in [1.165, 1.54) is 6.07 Å². The van der Waals surface area contributed by atoms with E-state index in [-0.39, 0.29) is 10.1 Å². The van der Waals surface area contributed by atoms with E-state index < -0.39 is 22.0 Å². The molecule has 0 aliphatic heterocycles. The van der Waals surface area contributed by atoms with Crippen LogP contribution in [-0.4, -0.2) is 39.1 Å². The van der Waals surface area contributed by atoms with Crippen molar-refractivity contribution in [3.05, 3.63) is 36.4 Å². The van der Waals surface area contributed by atoms with Crippen molar-refractivity contribution < 1.29 is 18.3 Å². The summed E-state index contributed by atoms with van der Waals surface area (Å²) in [4.78, 5) is 14.2. The Morgan fingerprint density at radius 2 is 1.81 bits per heavy atom. The van der Waals surface area contributed by atoms with Crippen LogP contribution in [0, 0.1) is 5.92 Å². The molecule has 0 bridgehead atoms. The topological polar surface area (TPSA) is 86.7 Å². The molecule has 1 unspecified atom stereocenters. The van der Waals surface area contributed by atoms with Crippen LogP contribution in [0.15, 0.2) is 40.6 Å². The number of aliphatic carboxylic acids is 1. The molecule has 0 spiro atoms. The molecule has 0 radical (unpaired) electrons. The molecule has 6 nitrogen and oxygen atoms in total. The van der Waals surface area contributed by atoms with Crippen molar-refractivity contribution in [2.45, 2.75) is 31.0 Å². The number of thiophene rings is 1. The number of hydrogen-bond acceptors (Lipinski definition) is 5. The number of anilines is 1. The lowest BCUT2D eigenvalue weighted by molar-refractivity contribution is -0.140. The van der Waals surface area contributed by atoms with Gasteiger partial charge in [-0.25, -0.2) is 8.42 Å². The number of carboxylic acid groups (broad SMARTS) is 1. The second kappa shape index (κ2) is 8.20. The fourth-order valence-corrected chi connectivity index (χ4v) is 5.05. The van der Waals surface area contributed by atoms with Crippen LogP contribution in [0.5, 0.6) is 0 Å². The normalized spacial score (nSPS) is 13.0. The van der Waals surface area contributed by atoms with E-state index in [0.29, 0.717) is 0 Å². The van der Waals surface area contributed by atoms with E-state index in [9.17, 15) is 18.3 Å². The van der Waals surface area contributed by atoms with E-state index in [0.717, 1.165) is 34.0 Å². The highest BCUT2D eigenvalue weighted by Gasteiger charge is 2.29. The molecule has 2 N–H and O–H groups in total. The van der Waals surface area contributed by atoms with Crippen LogP contribution in [0.2, 0.25) is 0 Å². The summed E-state index contributed by atoms with van der Waals surface area (Å²) in [5, 5.41) is 9.20. The molecule has 1 aromatic heterocycles. The summed E-state index contributed by atoms with van der Waals surface area (Å²) in [6, 6.07) is 9.97. The monoisotopic (exact) mass is 396 g/mol. The van der Waals surface area contributed by atoms with Gasteiger partial charge >= 0.3 is 5.97 Å². The second-order valence-electron chi connectivity index (χ2n) is 6.36. The Morgan fingerprint density at radius 3 is 2.31 bits per heavy atom. The quantitative estimate of drug-likeness (QED) is 0.715. The summed E-state index contributed by atoms with van der Waals surface area (Å²) in [6.07, 6.45) is 0. The van der Waals surface area contributed by atoms with E-state index in [4.69, 9.17) is 0 Å². The van der Waals surface area contributed by atoms with Crippen LogP contribution in [0.3, 0.4) is 0 Å². The lowest BCUT2D eigenvalue weighted by atomic mass is 10.1. The minimum atomic E-state index is -3.88. The third kappa shape index (κ3) is 4.63. The maximum Gasteiger partial charge on any atom is 0.322 e. The standard InChI is InChI=1S/C18H24N2O4S2/c1-5-20(4)14-8-6-13(7-9-14)15-10-11-16(25-15)26(23,24)19-17(12(2)3)18(21)22/h6-12,17,19H,5H2,1-4H3,(H,21,22). The number of nitrogens with zero attached hydrogens (tertiary/aromatic N) is 1. The Labute approximate surface area is 158 Å². The van der Waals surface area contributed by atoms with Gasteiger partial charge in [-0.3, -0.25) is 4.79 Å². The molecule has 142 valence electrons. The van der Waals surface area contributed by atoms with Gasteiger partial charge in [0.15, 0.2) is 0 Å². The Morgan fingerprint density at radius 1 is 1.19 bits per heavy atom. The largest absolute Gasteiger partial charge is 0.480 e. The van der Waals surface area contributed by atoms with Gasteiger partial charge in [-0.05, 0) is 42.7 Å². The van der Waals surface area contributed by atoms with Gasteiger partial charge in [0.25, 0.3) is 10.0 Å². The van der Waals surface area contributed by atoms with Crippen molar-refractivity contribution in [2.24, 2.45) is 5.92 Å². The van der Waals surface area contributed by atoms with Crippen molar-refractivity contribution in [3.8, 4) is 10.4 Å². The summed E-state index contributed by atoms with van der Waals surface area (Å²) in [6.45, 7) is 6.29. The first-order chi connectivity index (χ1) is 12.2. The fraction of sp³-hybridized carbons (Fsp3) is 0.389. The van der Waals surface area contributed by atoms with Crippen LogP contribution in [0.25, 0.3) is 10.4 Å². The molecular formula is C18H24N2O4S2. The van der Waals surface area contributed by atoms with Crippen molar-refractivity contribution in [1.82, 2.24) is 4.72 Å². The van der Waals surface area contributed by atoms with Crippen LogP contribution in [0.1, 0.15) is 20.8 Å². The van der Waals surface area contributed by atoms with Crippen molar-refractivity contribution >= 4 is 33.0 Å². The molecule has 1 atom stereocenters.